The van der Waals surface area contributed by atoms with Crippen molar-refractivity contribution in [3.8, 4) is 0 Å². The van der Waals surface area contributed by atoms with Gasteiger partial charge in [-0.3, -0.25) is 0 Å². The van der Waals surface area contributed by atoms with Crippen LogP contribution in [0.2, 0.25) is 0 Å². The second kappa shape index (κ2) is 4.43. The van der Waals surface area contributed by atoms with Crippen LogP contribution in [0.1, 0.15) is 53.9 Å². The van der Waals surface area contributed by atoms with Crippen LogP contribution in [0.4, 0.5) is 4.79 Å². The molecule has 0 aromatic heterocycles. The van der Waals surface area contributed by atoms with Crippen LogP contribution in [-0.2, 0) is 0 Å². The molecule has 0 aliphatic heterocycles. The summed E-state index contributed by atoms with van der Waals surface area (Å²) in [7, 11) is 0. The van der Waals surface area contributed by atoms with Gasteiger partial charge in [0.15, 0.2) is 0 Å². The third-order valence-electron chi connectivity index (χ3n) is 6.14. The Labute approximate surface area is 111 Å². The third kappa shape index (κ3) is 1.74. The van der Waals surface area contributed by atoms with Gasteiger partial charge in [-0.2, -0.15) is 0 Å². The maximum absolute atomic E-state index is 12.2. The number of urea groups is 1. The molecule has 2 amide bonds. The predicted octanol–water partition coefficient (Wildman–Crippen LogP) is 3.25. The summed E-state index contributed by atoms with van der Waals surface area (Å²) < 4.78 is 0. The van der Waals surface area contributed by atoms with E-state index in [1.807, 2.05) is 18.7 Å². The summed E-state index contributed by atoms with van der Waals surface area (Å²) in [5.74, 6) is 0.782. The average molecular weight is 252 g/mol. The van der Waals surface area contributed by atoms with Gasteiger partial charge in [0.1, 0.15) is 0 Å². The average Bonchev–Trinajstić information content (AvgIpc) is 2.63. The van der Waals surface area contributed by atoms with Gasteiger partial charge in [0, 0.05) is 19.1 Å². The molecular formula is C15H28N2O. The highest BCUT2D eigenvalue weighted by Gasteiger charge is 2.61. The lowest BCUT2D eigenvalue weighted by Gasteiger charge is -2.40. The van der Waals surface area contributed by atoms with E-state index in [9.17, 15) is 4.79 Å². The van der Waals surface area contributed by atoms with Gasteiger partial charge in [0.05, 0.1) is 0 Å². The Kier molecular flexibility index (Phi) is 3.37. The molecule has 18 heavy (non-hydrogen) atoms. The zero-order chi connectivity index (χ0) is 13.6. The monoisotopic (exact) mass is 252 g/mol. The summed E-state index contributed by atoms with van der Waals surface area (Å²) in [5.41, 5.74) is 0.648. The van der Waals surface area contributed by atoms with E-state index in [-0.39, 0.29) is 11.4 Å². The number of rotatable bonds is 3. The van der Waals surface area contributed by atoms with Crippen LogP contribution >= 0.6 is 0 Å². The zero-order valence-electron chi connectivity index (χ0n) is 12.5. The van der Waals surface area contributed by atoms with Crippen molar-refractivity contribution in [2.75, 3.05) is 13.1 Å². The normalized spacial score (nSPS) is 36.7. The number of carbonyl (C=O) groups is 1. The summed E-state index contributed by atoms with van der Waals surface area (Å²) in [6.07, 6.45) is 3.76. The highest BCUT2D eigenvalue weighted by molar-refractivity contribution is 5.74. The Hall–Kier alpha value is -0.730. The maximum atomic E-state index is 12.2. The second-order valence-electron chi connectivity index (χ2n) is 6.78. The molecule has 2 aliphatic rings. The highest BCUT2D eigenvalue weighted by atomic mass is 16.2. The standard InChI is InChI=1S/C15H28N2O/c1-6-17(7-2)13(18)16-12-10-11-8-9-15(12,5)14(11,3)4/h11-12H,6-10H2,1-5H3,(H,16,18)/t11-,12-,15-/m1/s1. The van der Waals surface area contributed by atoms with Gasteiger partial charge >= 0.3 is 6.03 Å². The Morgan fingerprint density at radius 2 is 1.89 bits per heavy atom. The molecule has 0 saturated heterocycles. The smallest absolute Gasteiger partial charge is 0.317 e. The van der Waals surface area contributed by atoms with E-state index in [0.29, 0.717) is 11.5 Å². The molecule has 1 N–H and O–H groups in total. The minimum absolute atomic E-state index is 0.120. The lowest BCUT2D eigenvalue weighted by atomic mass is 9.69. The molecule has 0 unspecified atom stereocenters. The van der Waals surface area contributed by atoms with Gasteiger partial charge in [-0.05, 0) is 49.9 Å². The van der Waals surface area contributed by atoms with Crippen LogP contribution in [0, 0.1) is 16.7 Å². The van der Waals surface area contributed by atoms with Crippen molar-refractivity contribution >= 4 is 6.03 Å². The number of amides is 2. The topological polar surface area (TPSA) is 32.3 Å². The number of hydrogen-bond acceptors (Lipinski definition) is 1. The first-order valence-corrected chi connectivity index (χ1v) is 7.42. The summed E-state index contributed by atoms with van der Waals surface area (Å²) in [6, 6.07) is 0.480. The molecule has 0 aromatic rings. The Bertz CT molecular complexity index is 335. The van der Waals surface area contributed by atoms with Crippen LogP contribution in [0.3, 0.4) is 0 Å². The number of carbonyl (C=O) groups excluding carboxylic acids is 1. The summed E-state index contributed by atoms with van der Waals surface area (Å²) in [4.78, 5) is 14.1. The van der Waals surface area contributed by atoms with Crippen LogP contribution in [0.5, 0.6) is 0 Å². The van der Waals surface area contributed by atoms with E-state index in [4.69, 9.17) is 0 Å². The first kappa shape index (κ1) is 13.7. The van der Waals surface area contributed by atoms with Crippen molar-refractivity contribution in [3.05, 3.63) is 0 Å². The molecule has 2 rings (SSSR count). The minimum atomic E-state index is 0.120. The fourth-order valence-corrected chi connectivity index (χ4v) is 4.17. The first-order chi connectivity index (χ1) is 8.36. The SMILES string of the molecule is CCN(CC)C(=O)N[C@@H]1C[C@H]2CC[C@@]1(C)C2(C)C. The second-order valence-corrected chi connectivity index (χ2v) is 6.78. The van der Waals surface area contributed by atoms with Crippen LogP contribution < -0.4 is 5.32 Å². The number of nitrogens with one attached hydrogen (secondary N) is 1. The Balaban J connectivity index is 2.07. The van der Waals surface area contributed by atoms with Gasteiger partial charge in [0.2, 0.25) is 0 Å². The maximum Gasteiger partial charge on any atom is 0.317 e. The van der Waals surface area contributed by atoms with Crippen molar-refractivity contribution in [3.63, 3.8) is 0 Å². The lowest BCUT2D eigenvalue weighted by molar-refractivity contribution is 0.118. The van der Waals surface area contributed by atoms with Crippen LogP contribution in [0.25, 0.3) is 0 Å². The van der Waals surface area contributed by atoms with E-state index in [1.165, 1.54) is 12.8 Å². The summed E-state index contributed by atoms with van der Waals surface area (Å²) >= 11 is 0. The van der Waals surface area contributed by atoms with Gasteiger partial charge in [-0.15, -0.1) is 0 Å². The fraction of sp³-hybridized carbons (Fsp3) is 0.933. The zero-order valence-corrected chi connectivity index (χ0v) is 12.5. The largest absolute Gasteiger partial charge is 0.335 e. The van der Waals surface area contributed by atoms with E-state index in [1.54, 1.807) is 0 Å². The van der Waals surface area contributed by atoms with E-state index >= 15 is 0 Å². The molecule has 3 atom stereocenters. The van der Waals surface area contributed by atoms with Crippen molar-refractivity contribution in [2.24, 2.45) is 16.7 Å². The number of nitrogens with zero attached hydrogens (tertiary/aromatic N) is 1. The molecule has 2 bridgehead atoms. The van der Waals surface area contributed by atoms with Crippen molar-refractivity contribution in [2.45, 2.75) is 59.9 Å². The molecule has 3 nitrogen and oxygen atoms in total. The number of hydrogen-bond donors (Lipinski definition) is 1. The molecule has 2 saturated carbocycles. The molecule has 0 spiro atoms. The first-order valence-electron chi connectivity index (χ1n) is 7.42. The van der Waals surface area contributed by atoms with E-state index < -0.39 is 0 Å². The van der Waals surface area contributed by atoms with Crippen molar-refractivity contribution in [1.82, 2.24) is 10.2 Å². The van der Waals surface area contributed by atoms with Gasteiger partial charge in [-0.1, -0.05) is 20.8 Å². The fourth-order valence-electron chi connectivity index (χ4n) is 4.17. The quantitative estimate of drug-likeness (QED) is 0.821. The Morgan fingerprint density at radius 3 is 2.28 bits per heavy atom. The highest BCUT2D eigenvalue weighted by Crippen LogP contribution is 2.65. The summed E-state index contributed by atoms with van der Waals surface area (Å²) in [5, 5.41) is 3.30. The molecular weight excluding hydrogens is 224 g/mol. The van der Waals surface area contributed by atoms with Crippen LogP contribution in [0.15, 0.2) is 0 Å². The van der Waals surface area contributed by atoms with Gasteiger partial charge in [0.25, 0.3) is 0 Å². The van der Waals surface area contributed by atoms with Crippen molar-refractivity contribution < 1.29 is 4.79 Å². The Morgan fingerprint density at radius 1 is 1.28 bits per heavy atom. The summed E-state index contributed by atoms with van der Waals surface area (Å²) in [6.45, 7) is 12.8. The predicted molar refractivity (Wildman–Crippen MR) is 74.5 cm³/mol. The van der Waals surface area contributed by atoms with Gasteiger partial charge < -0.3 is 10.2 Å². The molecule has 104 valence electrons. The lowest BCUT2D eigenvalue weighted by Crippen LogP contribution is -2.51. The molecule has 3 heteroatoms. The molecule has 0 radical (unpaired) electrons. The van der Waals surface area contributed by atoms with Crippen LogP contribution in [-0.4, -0.2) is 30.1 Å². The molecule has 0 heterocycles. The number of fused-ring (bicyclic) bond motifs is 2. The van der Waals surface area contributed by atoms with Gasteiger partial charge in [-0.25, -0.2) is 4.79 Å². The minimum Gasteiger partial charge on any atom is -0.335 e. The molecule has 2 aliphatic carbocycles. The van der Waals surface area contributed by atoms with Crippen molar-refractivity contribution in [1.29, 1.82) is 0 Å². The van der Waals surface area contributed by atoms with E-state index in [2.05, 4.69) is 26.1 Å². The molecule has 0 aromatic carbocycles. The third-order valence-corrected chi connectivity index (χ3v) is 6.14. The molecule has 2 fully saturated rings. The van der Waals surface area contributed by atoms with E-state index in [0.717, 1.165) is 25.4 Å².